The number of halogens is 3. The topological polar surface area (TPSA) is 75.7 Å². The molecule has 1 aromatic heterocycles. The molecule has 2 amide bonds. The van der Waals surface area contributed by atoms with E-state index in [0.717, 1.165) is 4.88 Å². The van der Waals surface area contributed by atoms with E-state index in [0.29, 0.717) is 6.42 Å². The molecule has 0 aromatic carbocycles. The highest BCUT2D eigenvalue weighted by Gasteiger charge is 2.85. The lowest BCUT2D eigenvalue weighted by Crippen LogP contribution is -2.72. The quantitative estimate of drug-likeness (QED) is 0.407. The van der Waals surface area contributed by atoms with E-state index < -0.39 is 26.1 Å². The van der Waals surface area contributed by atoms with Crippen molar-refractivity contribution in [1.29, 1.82) is 0 Å². The largest absolute Gasteiger partial charge is 0.459 e. The highest BCUT2D eigenvalue weighted by Crippen LogP contribution is 2.72. The molecule has 1 saturated carbocycles. The van der Waals surface area contributed by atoms with E-state index >= 15 is 0 Å². The van der Waals surface area contributed by atoms with Crippen LogP contribution in [0.1, 0.15) is 18.2 Å². The van der Waals surface area contributed by atoms with Crippen LogP contribution in [0.25, 0.3) is 0 Å². The van der Waals surface area contributed by atoms with Crippen LogP contribution in [0.15, 0.2) is 17.5 Å². The number of hydrogen-bond donors (Lipinski definition) is 1. The Morgan fingerprint density at radius 3 is 2.81 bits per heavy atom. The van der Waals surface area contributed by atoms with Gasteiger partial charge in [-0.05, 0) is 18.4 Å². The molecule has 3 fully saturated rings. The number of nitrogens with one attached hydrogen (secondary N) is 1. The molecule has 4 atom stereocenters. The van der Waals surface area contributed by atoms with Gasteiger partial charge in [0.05, 0.1) is 11.2 Å². The van der Waals surface area contributed by atoms with E-state index in [4.69, 9.17) is 39.5 Å². The third-order valence-electron chi connectivity index (χ3n) is 5.11. The molecule has 2 saturated heterocycles. The predicted octanol–water partition coefficient (Wildman–Crippen LogP) is 2.51. The summed E-state index contributed by atoms with van der Waals surface area (Å²) in [7, 11) is 0. The van der Waals surface area contributed by atoms with Crippen LogP contribution in [0.4, 0.5) is 0 Å². The van der Waals surface area contributed by atoms with Gasteiger partial charge in [0.25, 0.3) is 0 Å². The summed E-state index contributed by atoms with van der Waals surface area (Å²) in [5, 5.41) is 4.39. The Labute approximate surface area is 178 Å². The lowest BCUT2D eigenvalue weighted by Gasteiger charge is -2.46. The molecule has 2 aliphatic heterocycles. The third-order valence-corrected chi connectivity index (χ3v) is 8.04. The molecule has 0 radical (unpaired) electrons. The van der Waals surface area contributed by atoms with Crippen LogP contribution in [-0.4, -0.2) is 54.8 Å². The zero-order valence-corrected chi connectivity index (χ0v) is 17.9. The van der Waals surface area contributed by atoms with E-state index in [2.05, 4.69) is 5.32 Å². The number of β-lactam (4-membered cyclic amide) rings is 1. The smallest absolute Gasteiger partial charge is 0.333 e. The summed E-state index contributed by atoms with van der Waals surface area (Å²) in [6.45, 7) is 1.52. The number of thioether (sulfide) groups is 1. The Balaban J connectivity index is 1.42. The molecule has 6 nitrogen and oxygen atoms in total. The number of alkyl halides is 3. The van der Waals surface area contributed by atoms with Crippen molar-refractivity contribution in [1.82, 2.24) is 10.2 Å². The van der Waals surface area contributed by atoms with Gasteiger partial charge in [-0.2, -0.15) is 0 Å². The van der Waals surface area contributed by atoms with Gasteiger partial charge >= 0.3 is 5.97 Å². The van der Waals surface area contributed by atoms with Crippen molar-refractivity contribution in [3.05, 3.63) is 22.4 Å². The van der Waals surface area contributed by atoms with Crippen LogP contribution in [0, 0.1) is 0 Å². The molecule has 1 aromatic rings. The molecule has 27 heavy (non-hydrogen) atoms. The number of nitrogens with zero attached hydrogens (tertiary/aromatic N) is 1. The molecule has 1 aliphatic carbocycles. The van der Waals surface area contributed by atoms with E-state index in [-0.39, 0.29) is 30.2 Å². The summed E-state index contributed by atoms with van der Waals surface area (Å²) >= 11 is 19.9. The average Bonchev–Trinajstić information content (AvgIpc) is 2.89. The van der Waals surface area contributed by atoms with Gasteiger partial charge in [0, 0.05) is 11.3 Å². The zero-order valence-electron chi connectivity index (χ0n) is 14.0. The highest BCUT2D eigenvalue weighted by molar-refractivity contribution is 8.02. The Kier molecular flexibility index (Phi) is 4.67. The maximum absolute atomic E-state index is 12.7. The van der Waals surface area contributed by atoms with Crippen LogP contribution >= 0.6 is 57.9 Å². The number of hydrogen-bond acceptors (Lipinski definition) is 6. The third kappa shape index (κ3) is 3.13. The Morgan fingerprint density at radius 2 is 2.19 bits per heavy atom. The van der Waals surface area contributed by atoms with Crippen molar-refractivity contribution in [2.75, 3.05) is 6.61 Å². The molecule has 4 rings (SSSR count). The number of thiophene rings is 1. The van der Waals surface area contributed by atoms with Crippen molar-refractivity contribution in [2.45, 2.75) is 45.3 Å². The Hall–Kier alpha value is -0.670. The first kappa shape index (κ1) is 19.6. The van der Waals surface area contributed by atoms with Gasteiger partial charge in [0.15, 0.2) is 5.54 Å². The second kappa shape index (κ2) is 6.42. The van der Waals surface area contributed by atoms with Gasteiger partial charge in [-0.1, -0.05) is 40.9 Å². The number of ether oxygens (including phenoxy) is 1. The highest BCUT2D eigenvalue weighted by atomic mass is 35.6. The fourth-order valence-electron chi connectivity index (χ4n) is 3.76. The van der Waals surface area contributed by atoms with Gasteiger partial charge in [0.1, 0.15) is 18.0 Å². The van der Waals surface area contributed by atoms with Gasteiger partial charge in [0.2, 0.25) is 15.6 Å². The van der Waals surface area contributed by atoms with Crippen LogP contribution < -0.4 is 5.32 Å². The second-order valence-electron chi connectivity index (χ2n) is 6.98. The molecule has 3 aliphatic rings. The van der Waals surface area contributed by atoms with E-state index in [9.17, 15) is 14.4 Å². The number of carbonyl (C=O) groups excluding carboxylic acids is 3. The summed E-state index contributed by atoms with van der Waals surface area (Å²) in [4.78, 5) is 40.0. The number of amides is 2. The number of esters is 1. The predicted molar refractivity (Wildman–Crippen MR) is 105 cm³/mol. The number of fused-ring (bicyclic) bond motifs is 3. The van der Waals surface area contributed by atoms with E-state index in [1.165, 1.54) is 28.0 Å². The van der Waals surface area contributed by atoms with Gasteiger partial charge in [-0.15, -0.1) is 23.1 Å². The molecule has 3 heterocycles. The fraction of sp³-hybridized carbons (Fsp3) is 0.562. The summed E-state index contributed by atoms with van der Waals surface area (Å²) in [6, 6.07) is 3.11. The summed E-state index contributed by atoms with van der Waals surface area (Å²) < 4.78 is 3.00. The second-order valence-corrected chi connectivity index (χ2v) is 12.1. The maximum Gasteiger partial charge on any atom is 0.333 e. The van der Waals surface area contributed by atoms with E-state index in [1.807, 2.05) is 24.4 Å². The average molecular weight is 470 g/mol. The SMILES string of the molecule is CC12CC1(C(=O)OCC(Cl)(Cl)Cl)N1C(=O)C(NC(=O)Cc3cccs3)[C@@H]1S2. The van der Waals surface area contributed by atoms with Crippen molar-refractivity contribution < 1.29 is 19.1 Å². The number of carbonyl (C=O) groups is 3. The van der Waals surface area contributed by atoms with Gasteiger partial charge in [-0.25, -0.2) is 4.79 Å². The molecule has 1 N–H and O–H groups in total. The lowest BCUT2D eigenvalue weighted by molar-refractivity contribution is -0.166. The van der Waals surface area contributed by atoms with Crippen molar-refractivity contribution in [2.24, 2.45) is 0 Å². The van der Waals surface area contributed by atoms with E-state index in [1.54, 1.807) is 0 Å². The standard InChI is InChI=1S/C16H15Cl3N2O4S2/c1-14-6-15(14,13(24)25-7-16(17,18)19)21-11(23)10(12(21)27-14)20-9(22)5-8-3-2-4-26-8/h2-4,10,12H,5-7H2,1H3,(H,20,22)/t10?,12-,14?,15?/m0/s1. The molecule has 11 heteroatoms. The molecule has 0 bridgehead atoms. The first-order chi connectivity index (χ1) is 12.6. The molecule has 0 spiro atoms. The number of rotatable bonds is 5. The fourth-order valence-corrected chi connectivity index (χ4v) is 6.54. The minimum atomic E-state index is -1.71. The minimum Gasteiger partial charge on any atom is -0.459 e. The van der Waals surface area contributed by atoms with Crippen molar-refractivity contribution >= 4 is 75.7 Å². The summed E-state index contributed by atoms with van der Waals surface area (Å²) in [5.41, 5.74) is -1.04. The molecule has 3 unspecified atom stereocenters. The lowest BCUT2D eigenvalue weighted by atomic mass is 10.0. The van der Waals surface area contributed by atoms with Crippen LogP contribution in [0.5, 0.6) is 0 Å². The Bertz CT molecular complexity index is 815. The monoisotopic (exact) mass is 468 g/mol. The van der Waals surface area contributed by atoms with Crippen LogP contribution in [0.2, 0.25) is 0 Å². The molecular formula is C16H15Cl3N2O4S2. The maximum atomic E-state index is 12.7. The molecular weight excluding hydrogens is 455 g/mol. The summed E-state index contributed by atoms with van der Waals surface area (Å²) in [6.07, 6.45) is 0.716. The van der Waals surface area contributed by atoms with Crippen LogP contribution in [0.3, 0.4) is 0 Å². The first-order valence-corrected chi connectivity index (χ1v) is 11.0. The normalized spacial score (nSPS) is 33.8. The Morgan fingerprint density at radius 1 is 1.44 bits per heavy atom. The van der Waals surface area contributed by atoms with Crippen molar-refractivity contribution in [3.63, 3.8) is 0 Å². The minimum absolute atomic E-state index is 0.213. The first-order valence-electron chi connectivity index (χ1n) is 8.14. The summed E-state index contributed by atoms with van der Waals surface area (Å²) in [5.74, 6) is -1.06. The van der Waals surface area contributed by atoms with Crippen molar-refractivity contribution in [3.8, 4) is 0 Å². The van der Waals surface area contributed by atoms with Gasteiger partial charge in [-0.3, -0.25) is 9.59 Å². The zero-order chi connectivity index (χ0) is 19.6. The molecule has 146 valence electrons. The van der Waals surface area contributed by atoms with Crippen LogP contribution in [-0.2, 0) is 25.5 Å². The van der Waals surface area contributed by atoms with Gasteiger partial charge < -0.3 is 15.0 Å².